The van der Waals surface area contributed by atoms with Crippen molar-refractivity contribution < 1.29 is 4.42 Å². The molecular formula is C26H43N9OS. The van der Waals surface area contributed by atoms with Crippen LogP contribution in [0.2, 0.25) is 0 Å². The maximum absolute atomic E-state index is 4.92. The Balaban J connectivity index is 0.000000247. The summed E-state index contributed by atoms with van der Waals surface area (Å²) in [5.74, 6) is 2.42. The molecule has 37 heavy (non-hydrogen) atoms. The highest BCUT2D eigenvalue weighted by Crippen LogP contribution is 2.10. The van der Waals surface area contributed by atoms with Crippen molar-refractivity contribution in [3.05, 3.63) is 60.7 Å². The van der Waals surface area contributed by atoms with Crippen molar-refractivity contribution in [3.8, 4) is 0 Å². The van der Waals surface area contributed by atoms with Crippen LogP contribution in [0.25, 0.3) is 0 Å². The van der Waals surface area contributed by atoms with Crippen molar-refractivity contribution in [2.45, 2.75) is 79.9 Å². The van der Waals surface area contributed by atoms with Crippen molar-refractivity contribution in [3.63, 3.8) is 0 Å². The van der Waals surface area contributed by atoms with Crippen LogP contribution in [0.15, 0.2) is 59.3 Å². The Morgan fingerprint density at radius 3 is 1.89 bits per heavy atom. The van der Waals surface area contributed by atoms with E-state index < -0.39 is 0 Å². The van der Waals surface area contributed by atoms with Crippen molar-refractivity contribution >= 4 is 28.4 Å². The fraction of sp³-hybridized carbons (Fsp3) is 0.500. The Morgan fingerprint density at radius 1 is 0.757 bits per heavy atom. The summed E-state index contributed by atoms with van der Waals surface area (Å²) in [6, 6.07) is 3.73. The molecule has 0 radical (unpaired) electrons. The predicted octanol–water partition coefficient (Wildman–Crippen LogP) is 6.36. The summed E-state index contributed by atoms with van der Waals surface area (Å²) in [5.41, 5.74) is 0. The van der Waals surface area contributed by atoms with Gasteiger partial charge in [-0.25, -0.2) is 24.9 Å². The Morgan fingerprint density at radius 2 is 1.43 bits per heavy atom. The largest absolute Gasteiger partial charge is 0.432 e. The first-order chi connectivity index (χ1) is 17.7. The summed E-state index contributed by atoms with van der Waals surface area (Å²) < 4.78 is 4.92. The van der Waals surface area contributed by atoms with Crippen LogP contribution in [-0.4, -0.2) is 48.0 Å². The van der Waals surface area contributed by atoms with Crippen LogP contribution in [0.3, 0.4) is 0 Å². The van der Waals surface area contributed by atoms with E-state index >= 15 is 0 Å². The van der Waals surface area contributed by atoms with Gasteiger partial charge < -0.3 is 25.4 Å². The van der Waals surface area contributed by atoms with Crippen LogP contribution in [0.5, 0.6) is 0 Å². The molecule has 0 saturated carbocycles. The van der Waals surface area contributed by atoms with E-state index in [-0.39, 0.29) is 0 Å². The minimum Gasteiger partial charge on any atom is -0.432 e. The highest BCUT2D eigenvalue weighted by Gasteiger charge is 1.98. The molecule has 204 valence electrons. The third-order valence-electron chi connectivity index (χ3n) is 3.82. The van der Waals surface area contributed by atoms with E-state index in [2.05, 4.69) is 87.4 Å². The normalized spacial score (nSPS) is 10.2. The first-order valence-electron chi connectivity index (χ1n) is 12.5. The van der Waals surface area contributed by atoms with E-state index in [1.54, 1.807) is 54.8 Å². The smallest absolute Gasteiger partial charge is 0.294 e. The lowest BCUT2D eigenvalue weighted by atomic mass is 10.1. The van der Waals surface area contributed by atoms with Crippen LogP contribution in [0.1, 0.15) is 61.2 Å². The number of aromatic amines is 1. The number of hydrogen-bond acceptors (Lipinski definition) is 10. The summed E-state index contributed by atoms with van der Waals surface area (Å²) in [6.45, 7) is 16.7. The van der Waals surface area contributed by atoms with Gasteiger partial charge in [-0.1, -0.05) is 13.8 Å². The maximum Gasteiger partial charge on any atom is 0.294 e. The number of imidazole rings is 1. The SMILES string of the molecule is CC(C)Cc1ncccn1.CC(C)Nc1ncc[nH]1.CC(C)Nc1ncco1.CC(C)Nc1nccs1. The van der Waals surface area contributed by atoms with E-state index in [0.717, 1.165) is 23.3 Å². The molecular weight excluding hydrogens is 486 g/mol. The van der Waals surface area contributed by atoms with E-state index in [4.69, 9.17) is 4.42 Å². The third-order valence-corrected chi connectivity index (χ3v) is 4.53. The minimum absolute atomic E-state index is 0.378. The van der Waals surface area contributed by atoms with Crippen molar-refractivity contribution in [2.75, 3.05) is 16.0 Å². The summed E-state index contributed by atoms with van der Waals surface area (Å²) in [4.78, 5) is 23.1. The molecule has 0 aliphatic heterocycles. The fourth-order valence-electron chi connectivity index (χ4n) is 2.50. The van der Waals surface area contributed by atoms with Gasteiger partial charge in [0.05, 0.1) is 6.20 Å². The Bertz CT molecular complexity index is 893. The number of thiazole rings is 1. The van der Waals surface area contributed by atoms with Crippen molar-refractivity contribution in [2.24, 2.45) is 5.92 Å². The zero-order chi connectivity index (χ0) is 27.5. The first-order valence-corrected chi connectivity index (χ1v) is 13.4. The van der Waals surface area contributed by atoms with E-state index in [1.165, 1.54) is 0 Å². The van der Waals surface area contributed by atoms with Crippen LogP contribution < -0.4 is 16.0 Å². The monoisotopic (exact) mass is 529 g/mol. The van der Waals surface area contributed by atoms with Crippen molar-refractivity contribution in [1.82, 2.24) is 29.9 Å². The minimum atomic E-state index is 0.378. The number of rotatable bonds is 8. The van der Waals surface area contributed by atoms with Crippen LogP contribution in [0.4, 0.5) is 17.1 Å². The number of hydrogen-bond donors (Lipinski definition) is 4. The van der Waals surface area contributed by atoms with Gasteiger partial charge in [-0.2, -0.15) is 0 Å². The van der Waals surface area contributed by atoms with E-state index in [0.29, 0.717) is 30.1 Å². The number of nitrogens with one attached hydrogen (secondary N) is 4. The molecule has 0 aliphatic rings. The highest BCUT2D eigenvalue weighted by molar-refractivity contribution is 7.13. The second-order valence-electron chi connectivity index (χ2n) is 9.27. The molecule has 0 aliphatic carbocycles. The zero-order valence-electron chi connectivity index (χ0n) is 23.3. The van der Waals surface area contributed by atoms with Gasteiger partial charge in [0.2, 0.25) is 0 Å². The molecule has 0 fully saturated rings. The summed E-state index contributed by atoms with van der Waals surface area (Å²) in [5, 5.41) is 12.3. The van der Waals surface area contributed by atoms with Crippen molar-refractivity contribution in [1.29, 1.82) is 0 Å². The molecule has 10 nitrogen and oxygen atoms in total. The number of anilines is 3. The molecule has 0 amide bonds. The molecule has 0 spiro atoms. The lowest BCUT2D eigenvalue weighted by Gasteiger charge is -2.03. The highest BCUT2D eigenvalue weighted by atomic mass is 32.1. The molecule has 4 rings (SSSR count). The molecule has 0 bridgehead atoms. The molecule has 4 N–H and O–H groups in total. The van der Waals surface area contributed by atoms with Gasteiger partial charge in [0.25, 0.3) is 6.01 Å². The van der Waals surface area contributed by atoms with Gasteiger partial charge >= 0.3 is 0 Å². The summed E-state index contributed by atoms with van der Waals surface area (Å²) in [7, 11) is 0. The fourth-order valence-corrected chi connectivity index (χ4v) is 3.18. The van der Waals surface area contributed by atoms with Crippen LogP contribution in [0, 0.1) is 5.92 Å². The molecule has 4 heterocycles. The molecule has 0 aromatic carbocycles. The van der Waals surface area contributed by atoms with Gasteiger partial charge in [-0.15, -0.1) is 11.3 Å². The second kappa shape index (κ2) is 18.8. The average Bonchev–Trinajstić information content (AvgIpc) is 3.59. The van der Waals surface area contributed by atoms with Crippen LogP contribution in [-0.2, 0) is 6.42 Å². The standard InChI is InChI=1S/C8H12N2.C6H11N3.C6H10N2O.C6H10N2S/c1-7(2)6-8-9-4-3-5-10-8;1-5(2)9-6-7-3-4-8-6;2*1-5(2)8-6-7-3-4-9-6/h3-5,7H,6H2,1-2H3;3-5H,1-2H3,(H2,7,8,9);2*3-5H,1-2H3,(H,7,8). The second-order valence-corrected chi connectivity index (χ2v) is 10.2. The number of aromatic nitrogens is 6. The Hall–Kier alpha value is -3.47. The molecule has 4 aromatic rings. The van der Waals surface area contributed by atoms with Gasteiger partial charge in [-0.05, 0) is 53.5 Å². The average molecular weight is 530 g/mol. The van der Waals surface area contributed by atoms with Gasteiger partial charge in [-0.3, -0.25) is 0 Å². The van der Waals surface area contributed by atoms with E-state index in [9.17, 15) is 0 Å². The van der Waals surface area contributed by atoms with Gasteiger partial charge in [0, 0.05) is 60.9 Å². The topological polar surface area (TPSA) is 129 Å². The molecule has 0 atom stereocenters. The van der Waals surface area contributed by atoms with Gasteiger partial charge in [0.15, 0.2) is 11.1 Å². The first kappa shape index (κ1) is 31.6. The molecule has 11 heteroatoms. The molecule has 4 aromatic heterocycles. The lowest BCUT2D eigenvalue weighted by Crippen LogP contribution is -2.10. The van der Waals surface area contributed by atoms with Crippen LogP contribution >= 0.6 is 11.3 Å². The predicted molar refractivity (Wildman–Crippen MR) is 154 cm³/mol. The van der Waals surface area contributed by atoms with E-state index in [1.807, 2.05) is 25.3 Å². The summed E-state index contributed by atoms with van der Waals surface area (Å²) >= 11 is 1.63. The summed E-state index contributed by atoms with van der Waals surface area (Å²) in [6.07, 6.45) is 13.0. The number of oxazole rings is 1. The lowest BCUT2D eigenvalue weighted by molar-refractivity contribution is 0.564. The molecule has 0 unspecified atom stereocenters. The quantitative estimate of drug-likeness (QED) is 0.206. The maximum atomic E-state index is 4.92. The zero-order valence-corrected chi connectivity index (χ0v) is 24.1. The van der Waals surface area contributed by atoms with Gasteiger partial charge in [0.1, 0.15) is 12.1 Å². The Kier molecular flexibility index (Phi) is 16.0. The number of nitrogens with zero attached hydrogens (tertiary/aromatic N) is 5. The number of H-pyrrole nitrogens is 1. The Labute approximate surface area is 225 Å². The third kappa shape index (κ3) is 17.6. The molecule has 0 saturated heterocycles.